The van der Waals surface area contributed by atoms with Crippen molar-refractivity contribution in [2.75, 3.05) is 26.2 Å². The Balaban J connectivity index is 1.73. The van der Waals surface area contributed by atoms with Crippen LogP contribution in [0.15, 0.2) is 0 Å². The minimum absolute atomic E-state index is 0.315. The molecule has 2 rings (SSSR count). The molecule has 2 unspecified atom stereocenters. The number of rotatable bonds is 7. The van der Waals surface area contributed by atoms with Gasteiger partial charge in [0.15, 0.2) is 0 Å². The molecule has 0 aromatic rings. The largest absolute Gasteiger partial charge is 0.378 e. The minimum Gasteiger partial charge on any atom is -0.378 e. The Hall–Kier alpha value is -0.610. The van der Waals surface area contributed by atoms with Gasteiger partial charge in [0.1, 0.15) is 0 Å². The Bertz CT molecular complexity index is 284. The van der Waals surface area contributed by atoms with Gasteiger partial charge in [-0.3, -0.25) is 4.79 Å². The summed E-state index contributed by atoms with van der Waals surface area (Å²) in [5.74, 6) is 0.315. The first-order valence-corrected chi connectivity index (χ1v) is 8.42. The van der Waals surface area contributed by atoms with Crippen LogP contribution in [0.3, 0.4) is 0 Å². The first kappa shape index (κ1) is 15.8. The average molecular weight is 282 g/mol. The van der Waals surface area contributed by atoms with Gasteiger partial charge in [-0.1, -0.05) is 6.92 Å². The number of carbonyl (C=O) groups is 1. The SMILES string of the molecule is CCCN(CC1CCCN1)C(=O)CCC1CCCCO1. The Morgan fingerprint density at radius 1 is 1.30 bits per heavy atom. The molecule has 2 fully saturated rings. The molecular formula is C16H30N2O2. The van der Waals surface area contributed by atoms with Crippen molar-refractivity contribution in [3.05, 3.63) is 0 Å². The summed E-state index contributed by atoms with van der Waals surface area (Å²) in [4.78, 5) is 14.5. The zero-order chi connectivity index (χ0) is 14.2. The zero-order valence-corrected chi connectivity index (χ0v) is 12.9. The van der Waals surface area contributed by atoms with Crippen LogP contribution < -0.4 is 5.32 Å². The highest BCUT2D eigenvalue weighted by Gasteiger charge is 2.22. The molecule has 1 amide bonds. The molecule has 0 aliphatic carbocycles. The van der Waals surface area contributed by atoms with Crippen LogP contribution in [-0.4, -0.2) is 49.2 Å². The third-order valence-corrected chi connectivity index (χ3v) is 4.40. The van der Waals surface area contributed by atoms with Crippen molar-refractivity contribution in [1.82, 2.24) is 10.2 Å². The second-order valence-corrected chi connectivity index (χ2v) is 6.16. The topological polar surface area (TPSA) is 41.6 Å². The normalized spacial score (nSPS) is 26.6. The second kappa shape index (κ2) is 8.63. The molecule has 0 spiro atoms. The highest BCUT2D eigenvalue weighted by Crippen LogP contribution is 2.18. The van der Waals surface area contributed by atoms with Crippen LogP contribution in [0.2, 0.25) is 0 Å². The summed E-state index contributed by atoms with van der Waals surface area (Å²) < 4.78 is 5.72. The maximum Gasteiger partial charge on any atom is 0.222 e. The van der Waals surface area contributed by atoms with Gasteiger partial charge in [-0.15, -0.1) is 0 Å². The van der Waals surface area contributed by atoms with E-state index in [0.717, 1.165) is 45.5 Å². The van der Waals surface area contributed by atoms with Crippen molar-refractivity contribution in [1.29, 1.82) is 0 Å². The molecule has 2 saturated heterocycles. The molecule has 0 aromatic heterocycles. The van der Waals surface area contributed by atoms with E-state index in [9.17, 15) is 4.79 Å². The summed E-state index contributed by atoms with van der Waals surface area (Å²) in [6, 6.07) is 0.511. The van der Waals surface area contributed by atoms with Crippen LogP contribution in [0.25, 0.3) is 0 Å². The molecule has 2 heterocycles. The Morgan fingerprint density at radius 2 is 2.20 bits per heavy atom. The van der Waals surface area contributed by atoms with Crippen molar-refractivity contribution in [3.8, 4) is 0 Å². The van der Waals surface area contributed by atoms with Gasteiger partial charge < -0.3 is 15.0 Å². The molecule has 116 valence electrons. The Labute approximate surface area is 123 Å². The van der Waals surface area contributed by atoms with Gasteiger partial charge in [0.05, 0.1) is 6.10 Å². The zero-order valence-electron chi connectivity index (χ0n) is 12.9. The first-order valence-electron chi connectivity index (χ1n) is 8.42. The Morgan fingerprint density at radius 3 is 2.85 bits per heavy atom. The molecule has 2 aliphatic heterocycles. The molecule has 1 N–H and O–H groups in total. The van der Waals surface area contributed by atoms with Crippen LogP contribution in [0, 0.1) is 0 Å². The fraction of sp³-hybridized carbons (Fsp3) is 0.938. The number of nitrogens with one attached hydrogen (secondary N) is 1. The van der Waals surface area contributed by atoms with E-state index in [1.54, 1.807) is 0 Å². The molecule has 0 bridgehead atoms. The van der Waals surface area contributed by atoms with Gasteiger partial charge >= 0.3 is 0 Å². The minimum atomic E-state index is 0.315. The van der Waals surface area contributed by atoms with Crippen LogP contribution >= 0.6 is 0 Å². The number of ether oxygens (including phenoxy) is 1. The van der Waals surface area contributed by atoms with E-state index in [1.807, 2.05) is 0 Å². The van der Waals surface area contributed by atoms with Crippen molar-refractivity contribution in [2.24, 2.45) is 0 Å². The van der Waals surface area contributed by atoms with E-state index in [-0.39, 0.29) is 0 Å². The summed E-state index contributed by atoms with van der Waals surface area (Å²) in [6.07, 6.45) is 8.93. The summed E-state index contributed by atoms with van der Waals surface area (Å²) >= 11 is 0. The van der Waals surface area contributed by atoms with Crippen LogP contribution in [0.1, 0.15) is 58.3 Å². The summed E-state index contributed by atoms with van der Waals surface area (Å²) in [5, 5.41) is 3.49. The molecule has 0 radical (unpaired) electrons. The highest BCUT2D eigenvalue weighted by molar-refractivity contribution is 5.76. The fourth-order valence-electron chi connectivity index (χ4n) is 3.24. The third-order valence-electron chi connectivity index (χ3n) is 4.40. The standard InChI is InChI=1S/C16H30N2O2/c1-2-11-18(13-14-6-5-10-17-14)16(19)9-8-15-7-3-4-12-20-15/h14-15,17H,2-13H2,1H3. The molecule has 0 saturated carbocycles. The lowest BCUT2D eigenvalue weighted by Gasteiger charge is -2.27. The van der Waals surface area contributed by atoms with E-state index >= 15 is 0 Å². The van der Waals surface area contributed by atoms with E-state index in [0.29, 0.717) is 24.5 Å². The van der Waals surface area contributed by atoms with Gasteiger partial charge in [-0.25, -0.2) is 0 Å². The van der Waals surface area contributed by atoms with Crippen LogP contribution in [0.4, 0.5) is 0 Å². The third kappa shape index (κ3) is 5.06. The quantitative estimate of drug-likeness (QED) is 0.779. The monoisotopic (exact) mass is 282 g/mol. The van der Waals surface area contributed by atoms with Gasteiger partial charge in [-0.2, -0.15) is 0 Å². The Kier molecular flexibility index (Phi) is 6.80. The van der Waals surface area contributed by atoms with Gasteiger partial charge in [-0.05, 0) is 51.5 Å². The summed E-state index contributed by atoms with van der Waals surface area (Å²) in [6.45, 7) is 5.91. The predicted octanol–water partition coefficient (Wildman–Crippen LogP) is 2.33. The second-order valence-electron chi connectivity index (χ2n) is 6.16. The van der Waals surface area contributed by atoms with Gasteiger partial charge in [0.2, 0.25) is 5.91 Å². The lowest BCUT2D eigenvalue weighted by atomic mass is 10.0. The van der Waals surface area contributed by atoms with Crippen LogP contribution in [0.5, 0.6) is 0 Å². The molecule has 0 aromatic carbocycles. The number of hydrogen-bond acceptors (Lipinski definition) is 3. The smallest absolute Gasteiger partial charge is 0.222 e. The molecule has 4 nitrogen and oxygen atoms in total. The number of nitrogens with zero attached hydrogens (tertiary/aromatic N) is 1. The maximum atomic E-state index is 12.4. The molecular weight excluding hydrogens is 252 g/mol. The summed E-state index contributed by atoms with van der Waals surface area (Å²) in [7, 11) is 0. The molecule has 2 atom stereocenters. The average Bonchev–Trinajstić information content (AvgIpc) is 2.98. The summed E-state index contributed by atoms with van der Waals surface area (Å²) in [5.41, 5.74) is 0. The number of hydrogen-bond donors (Lipinski definition) is 1. The van der Waals surface area contributed by atoms with Gasteiger partial charge in [0.25, 0.3) is 0 Å². The van der Waals surface area contributed by atoms with Gasteiger partial charge in [0, 0.05) is 32.2 Å². The first-order chi connectivity index (χ1) is 9.79. The van der Waals surface area contributed by atoms with E-state index in [1.165, 1.54) is 25.7 Å². The lowest BCUT2D eigenvalue weighted by Crippen LogP contribution is -2.41. The lowest BCUT2D eigenvalue weighted by molar-refractivity contribution is -0.132. The maximum absolute atomic E-state index is 12.4. The van der Waals surface area contributed by atoms with E-state index < -0.39 is 0 Å². The van der Waals surface area contributed by atoms with Crippen molar-refractivity contribution < 1.29 is 9.53 Å². The van der Waals surface area contributed by atoms with Crippen molar-refractivity contribution >= 4 is 5.91 Å². The number of amides is 1. The molecule has 20 heavy (non-hydrogen) atoms. The van der Waals surface area contributed by atoms with E-state index in [4.69, 9.17) is 4.74 Å². The van der Waals surface area contributed by atoms with Crippen molar-refractivity contribution in [2.45, 2.75) is 70.4 Å². The highest BCUT2D eigenvalue weighted by atomic mass is 16.5. The van der Waals surface area contributed by atoms with Crippen LogP contribution in [-0.2, 0) is 9.53 Å². The molecule has 4 heteroatoms. The molecule has 2 aliphatic rings. The predicted molar refractivity (Wildman–Crippen MR) is 80.7 cm³/mol. The number of carbonyl (C=O) groups excluding carboxylic acids is 1. The van der Waals surface area contributed by atoms with Crippen molar-refractivity contribution in [3.63, 3.8) is 0 Å². The fourth-order valence-corrected chi connectivity index (χ4v) is 3.24. The van der Waals surface area contributed by atoms with E-state index in [2.05, 4.69) is 17.1 Å².